The summed E-state index contributed by atoms with van der Waals surface area (Å²) in [7, 11) is 2.01. The van der Waals surface area contributed by atoms with Crippen LogP contribution in [-0.4, -0.2) is 32.3 Å². The molecule has 0 unspecified atom stereocenters. The summed E-state index contributed by atoms with van der Waals surface area (Å²) in [5.74, 6) is 0. The van der Waals surface area contributed by atoms with Crippen LogP contribution in [0.2, 0.25) is 0 Å². The summed E-state index contributed by atoms with van der Waals surface area (Å²) in [6.45, 7) is 3.67. The van der Waals surface area contributed by atoms with Crippen molar-refractivity contribution >= 4 is 33.1 Å². The second-order valence-electron chi connectivity index (χ2n) is 5.49. The van der Waals surface area contributed by atoms with Crippen molar-refractivity contribution < 1.29 is 0 Å². The highest BCUT2D eigenvalue weighted by Gasteiger charge is 2.25. The minimum atomic E-state index is 0.575. The first-order chi connectivity index (χ1) is 9.52. The first-order valence-electron chi connectivity index (χ1n) is 7.25. The molecule has 2 rings (SSSR count). The molecule has 1 aliphatic carbocycles. The minimum Gasteiger partial charge on any atom is -0.392 e. The maximum atomic E-state index is 5.78. The van der Waals surface area contributed by atoms with Gasteiger partial charge in [0.05, 0.1) is 20.8 Å². The van der Waals surface area contributed by atoms with Crippen LogP contribution in [0.5, 0.6) is 0 Å². The lowest BCUT2D eigenvalue weighted by atomic mass is 10.2. The van der Waals surface area contributed by atoms with E-state index in [-0.39, 0.29) is 0 Å². The van der Waals surface area contributed by atoms with Crippen LogP contribution in [-0.2, 0) is 20.0 Å². The first kappa shape index (κ1) is 15.9. The van der Waals surface area contributed by atoms with Gasteiger partial charge in [0.1, 0.15) is 0 Å². The Morgan fingerprint density at radius 2 is 2.15 bits per heavy atom. The molecule has 0 amide bonds. The number of thiocarbonyl (C=S) groups is 1. The van der Waals surface area contributed by atoms with Gasteiger partial charge >= 0.3 is 0 Å². The Morgan fingerprint density at radius 3 is 2.65 bits per heavy atom. The van der Waals surface area contributed by atoms with E-state index in [1.165, 1.54) is 31.4 Å². The smallest absolute Gasteiger partial charge is 0.0870 e. The fourth-order valence-corrected chi connectivity index (χ4v) is 3.88. The van der Waals surface area contributed by atoms with Crippen molar-refractivity contribution in [1.82, 2.24) is 14.7 Å². The lowest BCUT2D eigenvalue weighted by Crippen LogP contribution is -2.39. The molecule has 0 bridgehead atoms. The third kappa shape index (κ3) is 3.59. The normalized spacial score (nSPS) is 16.2. The van der Waals surface area contributed by atoms with Gasteiger partial charge in [-0.1, -0.05) is 32.0 Å². The van der Waals surface area contributed by atoms with Gasteiger partial charge in [0.15, 0.2) is 0 Å². The zero-order valence-electron chi connectivity index (χ0n) is 12.2. The Morgan fingerprint density at radius 1 is 1.50 bits per heavy atom. The van der Waals surface area contributed by atoms with Crippen molar-refractivity contribution in [2.45, 2.75) is 51.6 Å². The number of aromatic nitrogens is 2. The van der Waals surface area contributed by atoms with Crippen LogP contribution < -0.4 is 5.73 Å². The highest BCUT2D eigenvalue weighted by Crippen LogP contribution is 2.28. The third-order valence-corrected chi connectivity index (χ3v) is 5.10. The molecule has 2 N–H and O–H groups in total. The Labute approximate surface area is 134 Å². The largest absolute Gasteiger partial charge is 0.392 e. The zero-order chi connectivity index (χ0) is 14.7. The van der Waals surface area contributed by atoms with Gasteiger partial charge in [-0.05, 0) is 35.2 Å². The van der Waals surface area contributed by atoms with E-state index in [9.17, 15) is 0 Å². The zero-order valence-corrected chi connectivity index (χ0v) is 14.6. The molecule has 20 heavy (non-hydrogen) atoms. The molecule has 0 aromatic carbocycles. The van der Waals surface area contributed by atoms with Gasteiger partial charge in [-0.25, -0.2) is 0 Å². The van der Waals surface area contributed by atoms with Crippen molar-refractivity contribution in [3.05, 3.63) is 15.9 Å². The number of rotatable bonds is 6. The lowest BCUT2D eigenvalue weighted by Gasteiger charge is -2.28. The van der Waals surface area contributed by atoms with E-state index in [0.29, 0.717) is 17.6 Å². The second kappa shape index (κ2) is 7.00. The monoisotopic (exact) mass is 358 g/mol. The summed E-state index contributed by atoms with van der Waals surface area (Å²) in [5, 5.41) is 4.57. The van der Waals surface area contributed by atoms with E-state index in [1.807, 2.05) is 11.7 Å². The molecule has 112 valence electrons. The molecule has 6 heteroatoms. The molecule has 1 saturated carbocycles. The van der Waals surface area contributed by atoms with Gasteiger partial charge in [0.2, 0.25) is 0 Å². The minimum absolute atomic E-state index is 0.575. The molecule has 0 spiro atoms. The van der Waals surface area contributed by atoms with Gasteiger partial charge in [-0.2, -0.15) is 5.10 Å². The summed E-state index contributed by atoms with van der Waals surface area (Å²) in [4.78, 5) is 2.99. The van der Waals surface area contributed by atoms with Crippen LogP contribution in [0.25, 0.3) is 0 Å². The fourth-order valence-electron chi connectivity index (χ4n) is 2.97. The van der Waals surface area contributed by atoms with Crippen molar-refractivity contribution in [2.24, 2.45) is 12.8 Å². The first-order valence-corrected chi connectivity index (χ1v) is 8.45. The Hall–Kier alpha value is -0.460. The molecule has 1 aromatic heterocycles. The predicted octanol–water partition coefficient (Wildman–Crippen LogP) is 2.78. The maximum Gasteiger partial charge on any atom is 0.0870 e. The van der Waals surface area contributed by atoms with E-state index >= 15 is 0 Å². The van der Waals surface area contributed by atoms with Crippen LogP contribution >= 0.6 is 28.1 Å². The number of hydrogen-bond acceptors (Lipinski definition) is 3. The van der Waals surface area contributed by atoms with Crippen LogP contribution in [0.4, 0.5) is 0 Å². The van der Waals surface area contributed by atoms with Crippen molar-refractivity contribution in [2.75, 3.05) is 6.54 Å². The van der Waals surface area contributed by atoms with Gasteiger partial charge in [0.25, 0.3) is 0 Å². The van der Waals surface area contributed by atoms with E-state index < -0.39 is 0 Å². The van der Waals surface area contributed by atoms with E-state index in [0.717, 1.165) is 23.1 Å². The molecule has 1 heterocycles. The van der Waals surface area contributed by atoms with Gasteiger partial charge < -0.3 is 5.73 Å². The van der Waals surface area contributed by atoms with Gasteiger partial charge in [-0.15, -0.1) is 0 Å². The molecular formula is C14H23BrN4S. The van der Waals surface area contributed by atoms with Crippen molar-refractivity contribution in [1.29, 1.82) is 0 Å². The Bertz CT molecular complexity index is 480. The molecule has 0 atom stereocenters. The maximum absolute atomic E-state index is 5.78. The van der Waals surface area contributed by atoms with Crippen LogP contribution in [0, 0.1) is 0 Å². The SMILES string of the molecule is CCc1nn(C)c(CN(CC(N)=S)C2CCCC2)c1Br. The van der Waals surface area contributed by atoms with E-state index in [2.05, 4.69) is 32.9 Å². The van der Waals surface area contributed by atoms with Crippen LogP contribution in [0.3, 0.4) is 0 Å². The van der Waals surface area contributed by atoms with Crippen LogP contribution in [0.1, 0.15) is 44.0 Å². The standard InChI is InChI=1S/C14H23BrN4S/c1-3-11-14(15)12(18(2)17-11)8-19(9-13(16)20)10-6-4-5-7-10/h10H,3-9H2,1-2H3,(H2,16,20). The number of hydrogen-bond donors (Lipinski definition) is 1. The molecule has 4 nitrogen and oxygen atoms in total. The molecule has 1 fully saturated rings. The van der Waals surface area contributed by atoms with Gasteiger partial charge in [-0.3, -0.25) is 9.58 Å². The Balaban J connectivity index is 2.18. The fraction of sp³-hybridized carbons (Fsp3) is 0.714. The van der Waals surface area contributed by atoms with Crippen molar-refractivity contribution in [3.63, 3.8) is 0 Å². The van der Waals surface area contributed by atoms with E-state index in [4.69, 9.17) is 18.0 Å². The summed E-state index contributed by atoms with van der Waals surface area (Å²) in [5.41, 5.74) is 8.11. The summed E-state index contributed by atoms with van der Waals surface area (Å²) < 4.78 is 3.11. The molecule has 0 saturated heterocycles. The molecule has 1 aliphatic rings. The van der Waals surface area contributed by atoms with Crippen molar-refractivity contribution in [3.8, 4) is 0 Å². The molecule has 0 radical (unpaired) electrons. The highest BCUT2D eigenvalue weighted by atomic mass is 79.9. The Kier molecular flexibility index (Phi) is 5.57. The topological polar surface area (TPSA) is 47.1 Å². The predicted molar refractivity (Wildman–Crippen MR) is 89.7 cm³/mol. The van der Waals surface area contributed by atoms with Crippen LogP contribution in [0.15, 0.2) is 4.47 Å². The number of nitrogens with two attached hydrogens (primary N) is 1. The van der Waals surface area contributed by atoms with Gasteiger partial charge in [0, 0.05) is 26.2 Å². The third-order valence-electron chi connectivity index (χ3n) is 4.06. The summed E-state index contributed by atoms with van der Waals surface area (Å²) >= 11 is 8.81. The molecule has 1 aromatic rings. The number of nitrogens with zero attached hydrogens (tertiary/aromatic N) is 3. The average Bonchev–Trinajstić information content (AvgIpc) is 3.00. The summed E-state index contributed by atoms with van der Waals surface area (Å²) in [6.07, 6.45) is 6.06. The molecule has 0 aliphatic heterocycles. The quantitative estimate of drug-likeness (QED) is 0.794. The average molecular weight is 359 g/mol. The second-order valence-corrected chi connectivity index (χ2v) is 6.81. The molecular weight excluding hydrogens is 336 g/mol. The lowest BCUT2D eigenvalue weighted by molar-refractivity contribution is 0.213. The number of aryl methyl sites for hydroxylation is 2. The van der Waals surface area contributed by atoms with E-state index in [1.54, 1.807) is 0 Å². The summed E-state index contributed by atoms with van der Waals surface area (Å²) in [6, 6.07) is 0.600. The number of halogens is 1. The highest BCUT2D eigenvalue weighted by molar-refractivity contribution is 9.10.